The Hall–Kier alpha value is -3.79. The van der Waals surface area contributed by atoms with Crippen LogP contribution in [0, 0.1) is 0 Å². The molecule has 1 aromatic heterocycles. The quantitative estimate of drug-likeness (QED) is 0.578. The molecule has 0 unspecified atom stereocenters. The number of benzene rings is 2. The van der Waals surface area contributed by atoms with E-state index in [-0.39, 0.29) is 11.5 Å². The number of aromatic hydroxyl groups is 2. The van der Waals surface area contributed by atoms with Crippen molar-refractivity contribution in [2.45, 2.75) is 0 Å². The SMILES string of the molecule is C=C(/C=C\C=C(/N)c1ccccc1O)c1cccc(-c2ccccc2O)n1. The summed E-state index contributed by atoms with van der Waals surface area (Å²) in [6, 6.07) is 19.5. The first-order chi connectivity index (χ1) is 13.1. The zero-order valence-corrected chi connectivity index (χ0v) is 14.7. The summed E-state index contributed by atoms with van der Waals surface area (Å²) in [4.78, 5) is 4.57. The standard InChI is InChI=1S/C23H20N2O2/c1-16(8-6-11-19(24)17-9-2-4-14-22(17)26)20-12-7-13-21(25-20)18-10-3-5-15-23(18)27/h2-15,26-27H,1,24H2/b8-6-,19-11-. The molecule has 0 fully saturated rings. The Morgan fingerprint density at radius 3 is 2.33 bits per heavy atom. The van der Waals surface area contributed by atoms with Crippen molar-refractivity contribution < 1.29 is 10.2 Å². The highest BCUT2D eigenvalue weighted by Gasteiger charge is 2.06. The number of pyridine rings is 1. The molecule has 1 heterocycles. The highest BCUT2D eigenvalue weighted by molar-refractivity contribution is 5.75. The number of hydrogen-bond acceptors (Lipinski definition) is 4. The predicted octanol–water partition coefficient (Wildman–Crippen LogP) is 4.73. The summed E-state index contributed by atoms with van der Waals surface area (Å²) in [6.45, 7) is 4.04. The molecule has 0 aliphatic carbocycles. The van der Waals surface area contributed by atoms with Crippen molar-refractivity contribution in [3.8, 4) is 22.8 Å². The van der Waals surface area contributed by atoms with Crippen LogP contribution >= 0.6 is 0 Å². The zero-order chi connectivity index (χ0) is 19.2. The monoisotopic (exact) mass is 356 g/mol. The van der Waals surface area contributed by atoms with Gasteiger partial charge in [0.2, 0.25) is 0 Å². The first-order valence-corrected chi connectivity index (χ1v) is 8.43. The number of allylic oxidation sites excluding steroid dienone is 4. The van der Waals surface area contributed by atoms with Gasteiger partial charge in [-0.15, -0.1) is 0 Å². The fraction of sp³-hybridized carbons (Fsp3) is 0. The van der Waals surface area contributed by atoms with Gasteiger partial charge in [0.15, 0.2) is 0 Å². The Kier molecular flexibility index (Phi) is 5.38. The number of phenolic OH excluding ortho intramolecular Hbond substituents is 2. The summed E-state index contributed by atoms with van der Waals surface area (Å²) in [6.07, 6.45) is 5.26. The first-order valence-electron chi connectivity index (χ1n) is 8.43. The summed E-state index contributed by atoms with van der Waals surface area (Å²) in [5.41, 5.74) is 9.78. The lowest BCUT2D eigenvalue weighted by Gasteiger charge is -2.06. The molecule has 27 heavy (non-hydrogen) atoms. The van der Waals surface area contributed by atoms with Crippen molar-refractivity contribution in [3.63, 3.8) is 0 Å². The lowest BCUT2D eigenvalue weighted by atomic mass is 10.1. The van der Waals surface area contributed by atoms with Crippen molar-refractivity contribution >= 4 is 11.3 Å². The van der Waals surface area contributed by atoms with Crippen LogP contribution in [0.5, 0.6) is 11.5 Å². The molecule has 0 bridgehead atoms. The minimum absolute atomic E-state index is 0.135. The third kappa shape index (κ3) is 4.25. The van der Waals surface area contributed by atoms with Crippen molar-refractivity contribution in [3.05, 3.63) is 103 Å². The Balaban J connectivity index is 1.80. The van der Waals surface area contributed by atoms with Crippen LogP contribution in [0.3, 0.4) is 0 Å². The molecule has 4 heteroatoms. The van der Waals surface area contributed by atoms with Crippen molar-refractivity contribution in [2.75, 3.05) is 0 Å². The minimum Gasteiger partial charge on any atom is -0.507 e. The van der Waals surface area contributed by atoms with Crippen LogP contribution in [-0.2, 0) is 0 Å². The van der Waals surface area contributed by atoms with Gasteiger partial charge in [0, 0.05) is 16.8 Å². The number of nitrogens with two attached hydrogens (primary N) is 1. The summed E-state index contributed by atoms with van der Waals surface area (Å²) in [5, 5.41) is 19.8. The number of hydrogen-bond donors (Lipinski definition) is 3. The van der Waals surface area contributed by atoms with Gasteiger partial charge in [0.1, 0.15) is 11.5 Å². The maximum absolute atomic E-state index is 10.0. The summed E-state index contributed by atoms with van der Waals surface area (Å²) < 4.78 is 0. The molecule has 0 aliphatic rings. The number of phenols is 2. The lowest BCUT2D eigenvalue weighted by molar-refractivity contribution is 0.473. The lowest BCUT2D eigenvalue weighted by Crippen LogP contribution is -1.95. The van der Waals surface area contributed by atoms with Crippen molar-refractivity contribution in [2.24, 2.45) is 5.73 Å². The van der Waals surface area contributed by atoms with Crippen molar-refractivity contribution in [1.82, 2.24) is 4.98 Å². The highest BCUT2D eigenvalue weighted by atomic mass is 16.3. The second-order valence-corrected chi connectivity index (χ2v) is 5.95. The molecule has 4 N–H and O–H groups in total. The van der Waals surface area contributed by atoms with Gasteiger partial charge in [-0.3, -0.25) is 0 Å². The van der Waals surface area contributed by atoms with E-state index in [1.165, 1.54) is 0 Å². The summed E-state index contributed by atoms with van der Waals surface area (Å²) in [7, 11) is 0. The molecule has 4 nitrogen and oxygen atoms in total. The predicted molar refractivity (Wildman–Crippen MR) is 110 cm³/mol. The van der Waals surface area contributed by atoms with Crippen LogP contribution in [0.25, 0.3) is 22.5 Å². The van der Waals surface area contributed by atoms with Crippen molar-refractivity contribution in [1.29, 1.82) is 0 Å². The molecular formula is C23H20N2O2. The molecule has 2 aromatic carbocycles. The molecule has 0 amide bonds. The Morgan fingerprint density at radius 1 is 0.889 bits per heavy atom. The van der Waals surface area contributed by atoms with Crippen LogP contribution < -0.4 is 5.73 Å². The summed E-state index contributed by atoms with van der Waals surface area (Å²) >= 11 is 0. The average Bonchev–Trinajstić information content (AvgIpc) is 2.68. The third-order valence-electron chi connectivity index (χ3n) is 4.05. The molecule has 0 spiro atoms. The fourth-order valence-corrected chi connectivity index (χ4v) is 2.61. The van der Waals surface area contributed by atoms with Gasteiger partial charge in [-0.2, -0.15) is 0 Å². The van der Waals surface area contributed by atoms with Gasteiger partial charge in [0.25, 0.3) is 0 Å². The van der Waals surface area contributed by atoms with Gasteiger partial charge in [-0.05, 0) is 48.0 Å². The van der Waals surface area contributed by atoms with Crippen LogP contribution in [0.1, 0.15) is 11.3 Å². The van der Waals surface area contributed by atoms with Crippen LogP contribution in [0.4, 0.5) is 0 Å². The maximum atomic E-state index is 10.0. The Labute approximate surface area is 158 Å². The van der Waals surface area contributed by atoms with E-state index in [4.69, 9.17) is 5.73 Å². The van der Waals surface area contributed by atoms with E-state index in [9.17, 15) is 10.2 Å². The van der Waals surface area contributed by atoms with E-state index in [1.807, 2.05) is 36.4 Å². The van der Waals surface area contributed by atoms with E-state index in [0.29, 0.717) is 33.8 Å². The maximum Gasteiger partial charge on any atom is 0.124 e. The smallest absolute Gasteiger partial charge is 0.124 e. The van der Waals surface area contributed by atoms with Crippen LogP contribution in [-0.4, -0.2) is 15.2 Å². The second kappa shape index (κ2) is 8.06. The van der Waals surface area contributed by atoms with E-state index in [0.717, 1.165) is 0 Å². The van der Waals surface area contributed by atoms with Crippen LogP contribution in [0.2, 0.25) is 0 Å². The Bertz CT molecular complexity index is 1040. The topological polar surface area (TPSA) is 79.4 Å². The number of aromatic nitrogens is 1. The van der Waals surface area contributed by atoms with Gasteiger partial charge in [0.05, 0.1) is 11.4 Å². The van der Waals surface area contributed by atoms with Gasteiger partial charge in [-0.25, -0.2) is 4.98 Å². The molecule has 0 saturated heterocycles. The normalized spacial score (nSPS) is 11.6. The van der Waals surface area contributed by atoms with E-state index >= 15 is 0 Å². The number of nitrogens with zero attached hydrogens (tertiary/aromatic N) is 1. The fourth-order valence-electron chi connectivity index (χ4n) is 2.61. The second-order valence-electron chi connectivity index (χ2n) is 5.95. The molecule has 0 saturated carbocycles. The van der Waals surface area contributed by atoms with Gasteiger partial charge in [-0.1, -0.05) is 49.1 Å². The molecule has 134 valence electrons. The Morgan fingerprint density at radius 2 is 1.59 bits per heavy atom. The third-order valence-corrected chi connectivity index (χ3v) is 4.05. The highest BCUT2D eigenvalue weighted by Crippen LogP contribution is 2.28. The van der Waals surface area contributed by atoms with E-state index in [1.54, 1.807) is 48.6 Å². The molecule has 0 aliphatic heterocycles. The summed E-state index contributed by atoms with van der Waals surface area (Å²) in [5.74, 6) is 0.317. The first kappa shape index (κ1) is 18.0. The average molecular weight is 356 g/mol. The molecule has 0 radical (unpaired) electrons. The largest absolute Gasteiger partial charge is 0.507 e. The number of rotatable bonds is 5. The zero-order valence-electron chi connectivity index (χ0n) is 14.7. The molecule has 3 aromatic rings. The van der Waals surface area contributed by atoms with Gasteiger partial charge < -0.3 is 15.9 Å². The molecule has 3 rings (SSSR count). The number of para-hydroxylation sites is 2. The van der Waals surface area contributed by atoms with Gasteiger partial charge >= 0.3 is 0 Å². The molecular weight excluding hydrogens is 336 g/mol. The van der Waals surface area contributed by atoms with E-state index in [2.05, 4.69) is 11.6 Å². The van der Waals surface area contributed by atoms with Crippen LogP contribution in [0.15, 0.2) is 91.5 Å². The molecule has 0 atom stereocenters. The van der Waals surface area contributed by atoms with E-state index < -0.39 is 0 Å². The minimum atomic E-state index is 0.135.